The Bertz CT molecular complexity index is 979. The number of piperidine rings is 1. The van der Waals surface area contributed by atoms with E-state index in [2.05, 4.69) is 26.1 Å². The summed E-state index contributed by atoms with van der Waals surface area (Å²) in [5.74, 6) is -0.102. The van der Waals surface area contributed by atoms with Crippen LogP contribution >= 0.6 is 0 Å². The third-order valence-corrected chi connectivity index (χ3v) is 7.72. The quantitative estimate of drug-likeness (QED) is 0.780. The summed E-state index contributed by atoms with van der Waals surface area (Å²) in [6.07, 6.45) is 1.33. The first-order chi connectivity index (χ1) is 14.0. The molecule has 6 heteroatoms. The second kappa shape index (κ2) is 8.52. The lowest BCUT2D eigenvalue weighted by Gasteiger charge is -2.38. The molecule has 30 heavy (non-hydrogen) atoms. The van der Waals surface area contributed by atoms with E-state index in [0.29, 0.717) is 25.9 Å². The molecule has 5 nitrogen and oxygen atoms in total. The second-order valence-electron chi connectivity index (χ2n) is 9.45. The normalized spacial score (nSPS) is 20.7. The Hall–Kier alpha value is -2.18. The van der Waals surface area contributed by atoms with Gasteiger partial charge in [0.15, 0.2) is 0 Å². The SMILES string of the molecule is CC(C)(C)c1ccc(S(=O)(=O)N2CCC[C@@](C)(C(=O)NCc3ccccc3)C2)cc1. The molecule has 1 aliphatic rings. The fraction of sp³-hybridized carbons (Fsp3) is 0.458. The van der Waals surface area contributed by atoms with Crippen LogP contribution in [0.25, 0.3) is 0 Å². The Morgan fingerprint density at radius 1 is 1.07 bits per heavy atom. The van der Waals surface area contributed by atoms with Crippen LogP contribution in [-0.2, 0) is 26.8 Å². The molecule has 1 saturated heterocycles. The lowest BCUT2D eigenvalue weighted by molar-refractivity contribution is -0.132. The Balaban J connectivity index is 1.73. The van der Waals surface area contributed by atoms with Crippen LogP contribution in [0.1, 0.15) is 51.7 Å². The molecule has 0 spiro atoms. The summed E-state index contributed by atoms with van der Waals surface area (Å²) in [5, 5.41) is 2.98. The average molecular weight is 429 g/mol. The molecule has 1 aliphatic heterocycles. The molecular weight excluding hydrogens is 396 g/mol. The lowest BCUT2D eigenvalue weighted by atomic mass is 9.82. The number of hydrogen-bond donors (Lipinski definition) is 1. The number of amides is 1. The molecule has 3 rings (SSSR count). The van der Waals surface area contributed by atoms with Crippen LogP contribution in [0.2, 0.25) is 0 Å². The summed E-state index contributed by atoms with van der Waals surface area (Å²) in [6.45, 7) is 9.22. The molecule has 0 bridgehead atoms. The molecule has 0 aliphatic carbocycles. The monoisotopic (exact) mass is 428 g/mol. The third-order valence-electron chi connectivity index (χ3n) is 5.86. The second-order valence-corrected chi connectivity index (χ2v) is 11.4. The summed E-state index contributed by atoms with van der Waals surface area (Å²) in [6, 6.07) is 16.8. The number of carbonyl (C=O) groups excluding carboxylic acids is 1. The minimum absolute atomic E-state index is 0.0389. The van der Waals surface area contributed by atoms with E-state index in [1.807, 2.05) is 49.4 Å². The van der Waals surface area contributed by atoms with Gasteiger partial charge < -0.3 is 5.32 Å². The minimum Gasteiger partial charge on any atom is -0.352 e. The number of rotatable bonds is 5. The maximum Gasteiger partial charge on any atom is 0.243 e. The maximum absolute atomic E-state index is 13.2. The summed E-state index contributed by atoms with van der Waals surface area (Å²) < 4.78 is 27.9. The van der Waals surface area contributed by atoms with Gasteiger partial charge in [-0.2, -0.15) is 4.31 Å². The van der Waals surface area contributed by atoms with Crippen molar-refractivity contribution in [3.8, 4) is 0 Å². The van der Waals surface area contributed by atoms with E-state index in [1.165, 1.54) is 4.31 Å². The fourth-order valence-electron chi connectivity index (χ4n) is 3.85. The highest BCUT2D eigenvalue weighted by Crippen LogP contribution is 2.33. The summed E-state index contributed by atoms with van der Waals surface area (Å²) in [5.41, 5.74) is 1.33. The Labute approximate surface area is 180 Å². The van der Waals surface area contributed by atoms with Crippen molar-refractivity contribution in [3.63, 3.8) is 0 Å². The van der Waals surface area contributed by atoms with Gasteiger partial charge in [0.05, 0.1) is 10.3 Å². The van der Waals surface area contributed by atoms with E-state index in [1.54, 1.807) is 12.1 Å². The first-order valence-electron chi connectivity index (χ1n) is 10.5. The van der Waals surface area contributed by atoms with E-state index in [4.69, 9.17) is 0 Å². The van der Waals surface area contributed by atoms with Gasteiger partial charge in [-0.1, -0.05) is 63.2 Å². The molecule has 0 unspecified atom stereocenters. The highest BCUT2D eigenvalue weighted by Gasteiger charge is 2.41. The van der Waals surface area contributed by atoms with Gasteiger partial charge in [-0.3, -0.25) is 4.79 Å². The van der Waals surface area contributed by atoms with Crippen LogP contribution in [0, 0.1) is 5.41 Å². The van der Waals surface area contributed by atoms with Gasteiger partial charge in [-0.05, 0) is 48.4 Å². The van der Waals surface area contributed by atoms with Gasteiger partial charge in [0.2, 0.25) is 15.9 Å². The molecule has 1 amide bonds. The van der Waals surface area contributed by atoms with Crippen molar-refractivity contribution in [1.29, 1.82) is 0 Å². The number of nitrogens with one attached hydrogen (secondary N) is 1. The van der Waals surface area contributed by atoms with Crippen molar-refractivity contribution in [1.82, 2.24) is 9.62 Å². The van der Waals surface area contributed by atoms with E-state index in [0.717, 1.165) is 11.1 Å². The lowest BCUT2D eigenvalue weighted by Crippen LogP contribution is -2.51. The van der Waals surface area contributed by atoms with E-state index in [9.17, 15) is 13.2 Å². The van der Waals surface area contributed by atoms with Gasteiger partial charge in [0.1, 0.15) is 0 Å². The molecular formula is C24H32N2O3S. The number of sulfonamides is 1. The van der Waals surface area contributed by atoms with Crippen LogP contribution in [-0.4, -0.2) is 31.7 Å². The van der Waals surface area contributed by atoms with Gasteiger partial charge in [0, 0.05) is 19.6 Å². The third kappa shape index (κ3) is 4.93. The molecule has 0 saturated carbocycles. The molecule has 1 atom stereocenters. The molecule has 162 valence electrons. The zero-order valence-electron chi connectivity index (χ0n) is 18.3. The van der Waals surface area contributed by atoms with Gasteiger partial charge >= 0.3 is 0 Å². The molecule has 1 fully saturated rings. The van der Waals surface area contributed by atoms with Crippen molar-refractivity contribution in [3.05, 3.63) is 65.7 Å². The summed E-state index contributed by atoms with van der Waals surface area (Å²) in [4.78, 5) is 13.2. The van der Waals surface area contributed by atoms with Crippen LogP contribution in [0.15, 0.2) is 59.5 Å². The number of benzene rings is 2. The highest BCUT2D eigenvalue weighted by molar-refractivity contribution is 7.89. The standard InChI is InChI=1S/C24H32N2O3S/c1-23(2,3)20-11-13-21(14-12-20)30(28,29)26-16-8-15-24(4,18-26)22(27)25-17-19-9-6-5-7-10-19/h5-7,9-14H,8,15-18H2,1-4H3,(H,25,27)/t24-/m1/s1. The van der Waals surface area contributed by atoms with E-state index >= 15 is 0 Å². The average Bonchev–Trinajstić information content (AvgIpc) is 2.72. The zero-order valence-corrected chi connectivity index (χ0v) is 19.1. The smallest absolute Gasteiger partial charge is 0.243 e. The Morgan fingerprint density at radius 3 is 2.30 bits per heavy atom. The molecule has 0 aromatic heterocycles. The summed E-state index contributed by atoms with van der Waals surface area (Å²) >= 11 is 0. The first-order valence-corrected chi connectivity index (χ1v) is 11.9. The van der Waals surface area contributed by atoms with Crippen molar-refractivity contribution < 1.29 is 13.2 Å². The predicted octanol–water partition coefficient (Wildman–Crippen LogP) is 4.09. The van der Waals surface area contributed by atoms with Crippen molar-refractivity contribution in [2.24, 2.45) is 5.41 Å². The molecule has 1 N–H and O–H groups in total. The molecule has 1 heterocycles. The fourth-order valence-corrected chi connectivity index (χ4v) is 5.45. The Morgan fingerprint density at radius 2 is 1.70 bits per heavy atom. The van der Waals surface area contributed by atoms with Crippen molar-refractivity contribution in [2.75, 3.05) is 13.1 Å². The number of nitrogens with zero attached hydrogens (tertiary/aromatic N) is 1. The van der Waals surface area contributed by atoms with Gasteiger partial charge in [-0.15, -0.1) is 0 Å². The van der Waals surface area contributed by atoms with Crippen molar-refractivity contribution >= 4 is 15.9 Å². The molecule has 0 radical (unpaired) electrons. The van der Waals surface area contributed by atoms with E-state index in [-0.39, 0.29) is 22.8 Å². The van der Waals surface area contributed by atoms with Crippen molar-refractivity contribution in [2.45, 2.75) is 57.4 Å². The Kier molecular flexibility index (Phi) is 6.39. The molecule has 2 aromatic carbocycles. The highest BCUT2D eigenvalue weighted by atomic mass is 32.2. The molecule has 2 aromatic rings. The largest absolute Gasteiger partial charge is 0.352 e. The predicted molar refractivity (Wildman–Crippen MR) is 120 cm³/mol. The zero-order chi connectivity index (χ0) is 22.0. The number of hydrogen-bond acceptors (Lipinski definition) is 3. The van der Waals surface area contributed by atoms with E-state index < -0.39 is 15.4 Å². The van der Waals surface area contributed by atoms with Crippen LogP contribution < -0.4 is 5.32 Å². The first kappa shape index (κ1) is 22.5. The van der Waals surface area contributed by atoms with Gasteiger partial charge in [-0.25, -0.2) is 8.42 Å². The van der Waals surface area contributed by atoms with Gasteiger partial charge in [0.25, 0.3) is 0 Å². The van der Waals surface area contributed by atoms with Crippen LogP contribution in [0.5, 0.6) is 0 Å². The number of carbonyl (C=O) groups is 1. The van der Waals surface area contributed by atoms with Crippen LogP contribution in [0.3, 0.4) is 0 Å². The summed E-state index contributed by atoms with van der Waals surface area (Å²) in [7, 11) is -3.64. The minimum atomic E-state index is -3.64. The van der Waals surface area contributed by atoms with Crippen LogP contribution in [0.4, 0.5) is 0 Å². The maximum atomic E-state index is 13.2. The topological polar surface area (TPSA) is 66.5 Å².